The third kappa shape index (κ3) is 0.730. The van der Waals surface area contributed by atoms with Crippen molar-refractivity contribution in [3.05, 3.63) is 28.9 Å². The minimum absolute atomic E-state index is 0.0869. The summed E-state index contributed by atoms with van der Waals surface area (Å²) in [5.74, 6) is -0.0869. The highest BCUT2D eigenvalue weighted by atomic mass is 16.3. The van der Waals surface area contributed by atoms with Crippen molar-refractivity contribution in [3.8, 4) is 5.75 Å². The van der Waals surface area contributed by atoms with Crippen molar-refractivity contribution >= 4 is 5.52 Å². The molecular formula is C7H7N3O2. The van der Waals surface area contributed by atoms with Gasteiger partial charge in [-0.1, -0.05) is 0 Å². The van der Waals surface area contributed by atoms with Crippen LogP contribution < -0.4 is 5.56 Å². The minimum Gasteiger partial charge on any atom is -0.504 e. The number of fused-ring (bicyclic) bond motifs is 1. The summed E-state index contributed by atoms with van der Waals surface area (Å²) in [5.41, 5.74) is -0.0486. The van der Waals surface area contributed by atoms with E-state index in [0.29, 0.717) is 0 Å². The van der Waals surface area contributed by atoms with Crippen LogP contribution in [-0.4, -0.2) is 19.3 Å². The molecule has 1 N–H and O–H groups in total. The molecule has 2 aromatic heterocycles. The Labute approximate surface area is 67.5 Å². The van der Waals surface area contributed by atoms with Crippen molar-refractivity contribution in [2.75, 3.05) is 0 Å². The lowest BCUT2D eigenvalue weighted by atomic mass is 10.5. The molecule has 0 radical (unpaired) electrons. The van der Waals surface area contributed by atoms with Crippen LogP contribution in [-0.2, 0) is 7.05 Å². The molecule has 0 aliphatic heterocycles. The third-order valence-corrected chi connectivity index (χ3v) is 1.73. The molecule has 0 atom stereocenters. The van der Waals surface area contributed by atoms with Gasteiger partial charge in [0.2, 0.25) is 0 Å². The van der Waals surface area contributed by atoms with E-state index in [1.54, 1.807) is 19.4 Å². The van der Waals surface area contributed by atoms with Crippen molar-refractivity contribution in [1.82, 2.24) is 14.2 Å². The fourth-order valence-electron chi connectivity index (χ4n) is 1.07. The Morgan fingerprint density at radius 1 is 1.50 bits per heavy atom. The Balaban J connectivity index is 3.06. The second kappa shape index (κ2) is 2.10. The molecule has 2 aromatic rings. The van der Waals surface area contributed by atoms with Crippen LogP contribution in [0.5, 0.6) is 5.75 Å². The second-order valence-corrected chi connectivity index (χ2v) is 2.54. The number of hydrogen-bond donors (Lipinski definition) is 1. The first-order valence-electron chi connectivity index (χ1n) is 3.42. The first-order valence-corrected chi connectivity index (χ1v) is 3.42. The molecule has 0 fully saturated rings. The molecule has 0 saturated carbocycles. The lowest BCUT2D eigenvalue weighted by molar-refractivity contribution is 0.480. The molecule has 5 heteroatoms. The SMILES string of the molecule is Cn1ccn2ncc(O)c2c1=O. The van der Waals surface area contributed by atoms with Gasteiger partial charge in [-0.2, -0.15) is 5.10 Å². The van der Waals surface area contributed by atoms with E-state index in [0.717, 1.165) is 0 Å². The molecule has 5 nitrogen and oxygen atoms in total. The van der Waals surface area contributed by atoms with Gasteiger partial charge in [-0.25, -0.2) is 4.52 Å². The van der Waals surface area contributed by atoms with Crippen LogP contribution in [0, 0.1) is 0 Å². The summed E-state index contributed by atoms with van der Waals surface area (Å²) >= 11 is 0. The standard InChI is InChI=1S/C7H7N3O2/c1-9-2-3-10-6(7(9)12)5(11)4-8-10/h2-4,11H,1H3. The molecule has 0 unspecified atom stereocenters. The minimum atomic E-state index is -0.257. The van der Waals surface area contributed by atoms with Gasteiger partial charge in [0.15, 0.2) is 11.3 Å². The Morgan fingerprint density at radius 3 is 3.00 bits per heavy atom. The highest BCUT2D eigenvalue weighted by molar-refractivity contribution is 5.55. The fourth-order valence-corrected chi connectivity index (χ4v) is 1.07. The van der Waals surface area contributed by atoms with E-state index < -0.39 is 0 Å². The Kier molecular flexibility index (Phi) is 1.21. The van der Waals surface area contributed by atoms with Crippen molar-refractivity contribution in [2.45, 2.75) is 0 Å². The van der Waals surface area contributed by atoms with Crippen LogP contribution in [0.25, 0.3) is 5.52 Å². The summed E-state index contributed by atoms with van der Waals surface area (Å²) in [6.07, 6.45) is 4.44. The molecule has 2 rings (SSSR count). The van der Waals surface area contributed by atoms with Crippen LogP contribution in [0.15, 0.2) is 23.4 Å². The van der Waals surface area contributed by atoms with Gasteiger partial charge in [0, 0.05) is 19.4 Å². The highest BCUT2D eigenvalue weighted by Crippen LogP contribution is 2.11. The molecule has 62 valence electrons. The van der Waals surface area contributed by atoms with Crippen LogP contribution in [0.4, 0.5) is 0 Å². The fraction of sp³-hybridized carbons (Fsp3) is 0.143. The second-order valence-electron chi connectivity index (χ2n) is 2.54. The lowest BCUT2D eigenvalue weighted by Crippen LogP contribution is -2.17. The number of rotatable bonds is 0. The summed E-state index contributed by atoms with van der Waals surface area (Å²) in [4.78, 5) is 11.4. The molecule has 0 aromatic carbocycles. The van der Waals surface area contributed by atoms with Crippen LogP contribution >= 0.6 is 0 Å². The molecule has 0 saturated heterocycles. The van der Waals surface area contributed by atoms with E-state index in [9.17, 15) is 9.90 Å². The van der Waals surface area contributed by atoms with E-state index in [2.05, 4.69) is 5.10 Å². The predicted octanol–water partition coefficient (Wildman–Crippen LogP) is -0.261. The number of aromatic hydroxyl groups is 1. The Morgan fingerprint density at radius 2 is 2.25 bits per heavy atom. The average molecular weight is 165 g/mol. The van der Waals surface area contributed by atoms with Gasteiger partial charge < -0.3 is 9.67 Å². The highest BCUT2D eigenvalue weighted by Gasteiger charge is 2.06. The quantitative estimate of drug-likeness (QED) is 0.585. The molecule has 0 bridgehead atoms. The van der Waals surface area contributed by atoms with Gasteiger partial charge in [0.25, 0.3) is 5.56 Å². The molecular weight excluding hydrogens is 158 g/mol. The smallest absolute Gasteiger partial charge is 0.280 e. The monoisotopic (exact) mass is 165 g/mol. The van der Waals surface area contributed by atoms with E-state index in [4.69, 9.17) is 0 Å². The van der Waals surface area contributed by atoms with Crippen LogP contribution in [0.3, 0.4) is 0 Å². The summed E-state index contributed by atoms with van der Waals surface area (Å²) in [6.45, 7) is 0. The van der Waals surface area contributed by atoms with Crippen molar-refractivity contribution in [3.63, 3.8) is 0 Å². The maximum Gasteiger partial charge on any atom is 0.280 e. The van der Waals surface area contributed by atoms with Gasteiger partial charge >= 0.3 is 0 Å². The topological polar surface area (TPSA) is 59.5 Å². The first-order chi connectivity index (χ1) is 5.70. The molecule has 0 aliphatic carbocycles. The zero-order valence-electron chi connectivity index (χ0n) is 6.43. The number of hydrogen-bond acceptors (Lipinski definition) is 3. The molecule has 2 heterocycles. The maximum absolute atomic E-state index is 11.4. The van der Waals surface area contributed by atoms with E-state index >= 15 is 0 Å². The van der Waals surface area contributed by atoms with Gasteiger partial charge in [-0.15, -0.1) is 0 Å². The number of nitrogens with zero attached hydrogens (tertiary/aromatic N) is 3. The molecule has 0 aliphatic rings. The van der Waals surface area contributed by atoms with Crippen molar-refractivity contribution in [1.29, 1.82) is 0 Å². The summed E-state index contributed by atoms with van der Waals surface area (Å²) in [6, 6.07) is 0. The average Bonchev–Trinajstić information content (AvgIpc) is 2.41. The summed E-state index contributed by atoms with van der Waals surface area (Å²) in [5, 5.41) is 13.0. The van der Waals surface area contributed by atoms with E-state index in [1.165, 1.54) is 15.3 Å². The molecule has 0 spiro atoms. The van der Waals surface area contributed by atoms with Crippen molar-refractivity contribution < 1.29 is 5.11 Å². The Bertz CT molecular complexity index is 483. The zero-order valence-corrected chi connectivity index (χ0v) is 6.43. The largest absolute Gasteiger partial charge is 0.504 e. The Hall–Kier alpha value is -1.78. The normalized spacial score (nSPS) is 10.8. The van der Waals surface area contributed by atoms with E-state index in [-0.39, 0.29) is 16.8 Å². The summed E-state index contributed by atoms with van der Waals surface area (Å²) < 4.78 is 2.73. The number of aryl methyl sites for hydroxylation is 1. The lowest BCUT2D eigenvalue weighted by Gasteiger charge is -1.96. The maximum atomic E-state index is 11.4. The number of aromatic nitrogens is 3. The van der Waals surface area contributed by atoms with Crippen LogP contribution in [0.1, 0.15) is 0 Å². The molecule has 0 amide bonds. The summed E-state index contributed by atoms with van der Waals surface area (Å²) in [7, 11) is 1.62. The molecule has 12 heavy (non-hydrogen) atoms. The van der Waals surface area contributed by atoms with Crippen molar-refractivity contribution in [2.24, 2.45) is 7.05 Å². The van der Waals surface area contributed by atoms with Gasteiger partial charge in [-0.05, 0) is 0 Å². The van der Waals surface area contributed by atoms with Crippen LogP contribution in [0.2, 0.25) is 0 Å². The van der Waals surface area contributed by atoms with Gasteiger partial charge in [-0.3, -0.25) is 4.79 Å². The predicted molar refractivity (Wildman–Crippen MR) is 42.1 cm³/mol. The van der Waals surface area contributed by atoms with E-state index in [1.807, 2.05) is 0 Å². The van der Waals surface area contributed by atoms with Gasteiger partial charge in [0.1, 0.15) is 0 Å². The zero-order chi connectivity index (χ0) is 8.72. The first kappa shape index (κ1) is 6.90. The third-order valence-electron chi connectivity index (χ3n) is 1.73. The van der Waals surface area contributed by atoms with Gasteiger partial charge in [0.05, 0.1) is 6.20 Å².